The molecule has 2 fully saturated rings. The fourth-order valence-electron chi connectivity index (χ4n) is 3.89. The van der Waals surface area contributed by atoms with E-state index in [0.717, 1.165) is 49.9 Å². The van der Waals surface area contributed by atoms with Crippen LogP contribution < -0.4 is 10.6 Å². The van der Waals surface area contributed by atoms with Crippen LogP contribution in [0.4, 0.5) is 11.8 Å². The minimum absolute atomic E-state index is 0.364. The number of nitrogen functional groups attached to an aromatic ring is 1. The first-order valence-electron chi connectivity index (χ1n) is 9.06. The van der Waals surface area contributed by atoms with Crippen LogP contribution in [0.15, 0.2) is 18.5 Å². The number of anilines is 2. The van der Waals surface area contributed by atoms with Gasteiger partial charge in [0.05, 0.1) is 0 Å². The Kier molecular flexibility index (Phi) is 4.12. The van der Waals surface area contributed by atoms with E-state index in [2.05, 4.69) is 30.6 Å². The Balaban J connectivity index is 1.42. The van der Waals surface area contributed by atoms with Crippen molar-refractivity contribution in [3.63, 3.8) is 0 Å². The van der Waals surface area contributed by atoms with E-state index in [1.165, 1.54) is 25.1 Å². The minimum Gasteiger partial charge on any atom is -0.368 e. The molecule has 24 heavy (non-hydrogen) atoms. The molecule has 0 bridgehead atoms. The largest absolute Gasteiger partial charge is 0.368 e. The van der Waals surface area contributed by atoms with Crippen LogP contribution in [0.1, 0.15) is 49.5 Å². The summed E-state index contributed by atoms with van der Waals surface area (Å²) in [5.41, 5.74) is 6.72. The van der Waals surface area contributed by atoms with E-state index >= 15 is 0 Å². The number of nitrogens with zero attached hydrogens (tertiary/aromatic N) is 5. The van der Waals surface area contributed by atoms with E-state index in [-0.39, 0.29) is 0 Å². The van der Waals surface area contributed by atoms with Gasteiger partial charge in [0, 0.05) is 49.7 Å². The van der Waals surface area contributed by atoms with Crippen molar-refractivity contribution in [2.24, 2.45) is 5.92 Å². The van der Waals surface area contributed by atoms with E-state index < -0.39 is 0 Å². The number of nitrogens with two attached hydrogens (primary N) is 1. The third kappa shape index (κ3) is 3.09. The van der Waals surface area contributed by atoms with Gasteiger partial charge in [0.2, 0.25) is 5.95 Å². The normalized spacial score (nSPS) is 19.5. The van der Waals surface area contributed by atoms with Crippen LogP contribution in [0, 0.1) is 12.8 Å². The summed E-state index contributed by atoms with van der Waals surface area (Å²) >= 11 is 0. The number of piperidine rings is 1. The Bertz CT molecular complexity index is 677. The molecule has 1 aliphatic heterocycles. The number of aromatic nitrogens is 4. The lowest BCUT2D eigenvalue weighted by Gasteiger charge is -2.33. The summed E-state index contributed by atoms with van der Waals surface area (Å²) in [7, 11) is 0. The quantitative estimate of drug-likeness (QED) is 0.935. The molecule has 1 saturated carbocycles. The zero-order chi connectivity index (χ0) is 16.5. The summed E-state index contributed by atoms with van der Waals surface area (Å²) in [5, 5.41) is 0. The number of imidazole rings is 1. The van der Waals surface area contributed by atoms with E-state index in [4.69, 9.17) is 5.73 Å². The Labute approximate surface area is 143 Å². The molecule has 2 aromatic heterocycles. The maximum absolute atomic E-state index is 5.79. The average Bonchev–Trinajstić information content (AvgIpc) is 2.98. The van der Waals surface area contributed by atoms with Crippen LogP contribution >= 0.6 is 0 Å². The molecule has 6 heteroatoms. The summed E-state index contributed by atoms with van der Waals surface area (Å²) in [4.78, 5) is 15.6. The van der Waals surface area contributed by atoms with Gasteiger partial charge in [0.25, 0.3) is 0 Å². The van der Waals surface area contributed by atoms with Crippen molar-refractivity contribution in [1.29, 1.82) is 0 Å². The highest BCUT2D eigenvalue weighted by atomic mass is 15.2. The van der Waals surface area contributed by atoms with Crippen LogP contribution in [0.3, 0.4) is 0 Å². The predicted octanol–water partition coefficient (Wildman–Crippen LogP) is 2.75. The summed E-state index contributed by atoms with van der Waals surface area (Å²) in [6.45, 7) is 5.11. The van der Waals surface area contributed by atoms with Crippen LogP contribution in [0.2, 0.25) is 0 Å². The molecule has 0 radical (unpaired) electrons. The first-order valence-corrected chi connectivity index (χ1v) is 9.06. The fourth-order valence-corrected chi connectivity index (χ4v) is 3.89. The van der Waals surface area contributed by atoms with Gasteiger partial charge in [-0.2, -0.15) is 4.98 Å². The molecule has 1 aliphatic carbocycles. The van der Waals surface area contributed by atoms with Crippen molar-refractivity contribution in [3.8, 4) is 0 Å². The van der Waals surface area contributed by atoms with E-state index in [0.29, 0.717) is 11.9 Å². The summed E-state index contributed by atoms with van der Waals surface area (Å²) < 4.78 is 2.40. The average molecular weight is 326 g/mol. The van der Waals surface area contributed by atoms with Gasteiger partial charge in [-0.1, -0.05) is 6.42 Å². The van der Waals surface area contributed by atoms with Gasteiger partial charge < -0.3 is 15.2 Å². The molecule has 4 rings (SSSR count). The Hall–Kier alpha value is -2.11. The standard InChI is InChI=1S/C18H26N6/c1-13-11-16(22-18(19)21-13)23-8-5-15(6-9-23)17-20-7-10-24(17)12-14-3-2-4-14/h7,10-11,14-15H,2-6,8-9,12H2,1H3,(H2,19,21,22). The summed E-state index contributed by atoms with van der Waals surface area (Å²) in [5.74, 6) is 4.01. The fraction of sp³-hybridized carbons (Fsp3) is 0.611. The molecule has 2 aromatic rings. The smallest absolute Gasteiger partial charge is 0.222 e. The molecular weight excluding hydrogens is 300 g/mol. The molecule has 3 heterocycles. The van der Waals surface area contributed by atoms with Gasteiger partial charge in [0.15, 0.2) is 0 Å². The lowest BCUT2D eigenvalue weighted by Crippen LogP contribution is -2.34. The minimum atomic E-state index is 0.364. The maximum atomic E-state index is 5.79. The maximum Gasteiger partial charge on any atom is 0.222 e. The third-order valence-corrected chi connectivity index (χ3v) is 5.47. The number of hydrogen-bond acceptors (Lipinski definition) is 5. The second kappa shape index (κ2) is 6.42. The van der Waals surface area contributed by atoms with Crippen LogP contribution in [-0.4, -0.2) is 32.6 Å². The van der Waals surface area contributed by atoms with E-state index in [1.807, 2.05) is 19.2 Å². The number of rotatable bonds is 4. The molecule has 0 amide bonds. The van der Waals surface area contributed by atoms with Gasteiger partial charge in [-0.3, -0.25) is 0 Å². The van der Waals surface area contributed by atoms with Crippen LogP contribution in [0.5, 0.6) is 0 Å². The van der Waals surface area contributed by atoms with Gasteiger partial charge in [-0.25, -0.2) is 9.97 Å². The zero-order valence-corrected chi connectivity index (χ0v) is 14.4. The van der Waals surface area contributed by atoms with Gasteiger partial charge >= 0.3 is 0 Å². The molecule has 0 spiro atoms. The van der Waals surface area contributed by atoms with Gasteiger partial charge in [-0.15, -0.1) is 0 Å². The molecule has 0 atom stereocenters. The SMILES string of the molecule is Cc1cc(N2CCC(c3nccn3CC3CCC3)CC2)nc(N)n1. The number of hydrogen-bond donors (Lipinski definition) is 1. The monoisotopic (exact) mass is 326 g/mol. The zero-order valence-electron chi connectivity index (χ0n) is 14.4. The molecule has 2 aliphatic rings. The lowest BCUT2D eigenvalue weighted by molar-refractivity contribution is 0.270. The molecule has 2 N–H and O–H groups in total. The molecule has 0 aromatic carbocycles. The molecule has 6 nitrogen and oxygen atoms in total. The highest BCUT2D eigenvalue weighted by molar-refractivity contribution is 5.43. The third-order valence-electron chi connectivity index (χ3n) is 5.47. The first kappa shape index (κ1) is 15.4. The van der Waals surface area contributed by atoms with Crippen molar-refractivity contribution < 1.29 is 0 Å². The molecular formula is C18H26N6. The first-order chi connectivity index (χ1) is 11.7. The van der Waals surface area contributed by atoms with Crippen molar-refractivity contribution in [3.05, 3.63) is 30.0 Å². The number of aryl methyl sites for hydroxylation is 1. The van der Waals surface area contributed by atoms with Crippen LogP contribution in [0.25, 0.3) is 0 Å². The summed E-state index contributed by atoms with van der Waals surface area (Å²) in [6, 6.07) is 2.02. The van der Waals surface area contributed by atoms with Crippen molar-refractivity contribution in [2.45, 2.75) is 51.5 Å². The molecule has 0 unspecified atom stereocenters. The summed E-state index contributed by atoms with van der Waals surface area (Å²) in [6.07, 6.45) is 10.5. The highest BCUT2D eigenvalue weighted by Crippen LogP contribution is 2.32. The second-order valence-corrected chi connectivity index (χ2v) is 7.22. The highest BCUT2D eigenvalue weighted by Gasteiger charge is 2.26. The Morgan fingerprint density at radius 2 is 1.96 bits per heavy atom. The second-order valence-electron chi connectivity index (χ2n) is 7.22. The Morgan fingerprint density at radius 3 is 2.62 bits per heavy atom. The van der Waals surface area contributed by atoms with E-state index in [1.54, 1.807) is 0 Å². The molecule has 128 valence electrons. The van der Waals surface area contributed by atoms with Gasteiger partial charge in [-0.05, 0) is 38.5 Å². The van der Waals surface area contributed by atoms with Gasteiger partial charge in [0.1, 0.15) is 11.6 Å². The lowest BCUT2D eigenvalue weighted by atomic mass is 9.85. The van der Waals surface area contributed by atoms with Crippen LogP contribution in [-0.2, 0) is 6.54 Å². The van der Waals surface area contributed by atoms with Crippen molar-refractivity contribution in [2.75, 3.05) is 23.7 Å². The predicted molar refractivity (Wildman–Crippen MR) is 94.9 cm³/mol. The topological polar surface area (TPSA) is 72.9 Å². The van der Waals surface area contributed by atoms with Crippen molar-refractivity contribution in [1.82, 2.24) is 19.5 Å². The Morgan fingerprint density at radius 1 is 1.17 bits per heavy atom. The van der Waals surface area contributed by atoms with Crippen molar-refractivity contribution >= 4 is 11.8 Å². The molecule has 1 saturated heterocycles. The van der Waals surface area contributed by atoms with E-state index in [9.17, 15) is 0 Å².